The summed E-state index contributed by atoms with van der Waals surface area (Å²) >= 11 is 0. The Hall–Kier alpha value is -3.01. The van der Waals surface area contributed by atoms with Crippen LogP contribution in [0.3, 0.4) is 0 Å². The number of ether oxygens (including phenoxy) is 1. The van der Waals surface area contributed by atoms with Gasteiger partial charge >= 0.3 is 0 Å². The van der Waals surface area contributed by atoms with E-state index in [-0.39, 0.29) is 23.0 Å². The lowest BCUT2D eigenvalue weighted by molar-refractivity contribution is 0.171. The van der Waals surface area contributed by atoms with Gasteiger partial charge in [-0.25, -0.2) is 8.78 Å². The molecule has 42 heavy (non-hydrogen) atoms. The molecule has 2 fully saturated rings. The van der Waals surface area contributed by atoms with Crippen molar-refractivity contribution in [2.24, 2.45) is 17.8 Å². The van der Waals surface area contributed by atoms with E-state index in [1.807, 2.05) is 24.3 Å². The van der Waals surface area contributed by atoms with E-state index in [0.29, 0.717) is 18.1 Å². The summed E-state index contributed by atoms with van der Waals surface area (Å²) in [7, 11) is 0. The van der Waals surface area contributed by atoms with Crippen molar-refractivity contribution in [3.05, 3.63) is 90.3 Å². The van der Waals surface area contributed by atoms with Crippen molar-refractivity contribution in [3.63, 3.8) is 0 Å². The molecule has 5 rings (SSSR count). The number of rotatable bonds is 11. The maximum Gasteiger partial charge on any atom is 0.201 e. The zero-order valence-corrected chi connectivity index (χ0v) is 25.0. The molecule has 0 atom stereocenters. The number of allylic oxidation sites excluding steroid dienone is 1. The fraction of sp³-hybridized carbons (Fsp3) is 0.474. The molecule has 0 saturated heterocycles. The molecular formula is C38H45F3O. The van der Waals surface area contributed by atoms with Crippen LogP contribution in [0.15, 0.2) is 67.3 Å². The van der Waals surface area contributed by atoms with Crippen LogP contribution >= 0.6 is 0 Å². The smallest absolute Gasteiger partial charge is 0.201 e. The molecule has 0 spiro atoms. The van der Waals surface area contributed by atoms with Gasteiger partial charge in [0.25, 0.3) is 0 Å². The first-order valence-electron chi connectivity index (χ1n) is 16.1. The van der Waals surface area contributed by atoms with Crippen molar-refractivity contribution in [1.29, 1.82) is 0 Å². The molecule has 224 valence electrons. The Kier molecular flexibility index (Phi) is 10.5. The minimum atomic E-state index is -0.959. The van der Waals surface area contributed by atoms with Gasteiger partial charge in [-0.3, -0.25) is 0 Å². The summed E-state index contributed by atoms with van der Waals surface area (Å²) < 4.78 is 50.5. The molecule has 0 radical (unpaired) electrons. The van der Waals surface area contributed by atoms with Gasteiger partial charge in [0.05, 0.1) is 6.61 Å². The van der Waals surface area contributed by atoms with Crippen molar-refractivity contribution < 1.29 is 17.9 Å². The molecule has 0 aromatic heterocycles. The highest BCUT2D eigenvalue weighted by Gasteiger charge is 2.31. The van der Waals surface area contributed by atoms with Crippen LogP contribution in [0.1, 0.15) is 95.5 Å². The molecule has 0 amide bonds. The van der Waals surface area contributed by atoms with E-state index in [2.05, 4.69) is 19.6 Å². The van der Waals surface area contributed by atoms with Crippen molar-refractivity contribution in [2.75, 3.05) is 6.61 Å². The van der Waals surface area contributed by atoms with Crippen LogP contribution in [0, 0.1) is 35.2 Å². The Bertz CT molecular complexity index is 1310. The SMILES string of the molecule is C=CC1CCC(C2CCC(c3ccc(-c4ccc(-c5ccc(OCCCCCC)c(F)c5F)cc4)cc3F)CC2)CC1. The van der Waals surface area contributed by atoms with Gasteiger partial charge in [0.15, 0.2) is 11.6 Å². The highest BCUT2D eigenvalue weighted by atomic mass is 19.2. The minimum absolute atomic E-state index is 0.0518. The lowest BCUT2D eigenvalue weighted by Gasteiger charge is -2.37. The number of hydrogen-bond acceptors (Lipinski definition) is 1. The average molecular weight is 575 g/mol. The number of halogens is 3. The fourth-order valence-electron chi connectivity index (χ4n) is 7.21. The van der Waals surface area contributed by atoms with Crippen molar-refractivity contribution in [1.82, 2.24) is 0 Å². The molecule has 0 bridgehead atoms. The summed E-state index contributed by atoms with van der Waals surface area (Å²) in [6.07, 6.45) is 15.8. The average Bonchev–Trinajstić information content (AvgIpc) is 3.03. The first-order valence-corrected chi connectivity index (χ1v) is 16.1. The van der Waals surface area contributed by atoms with E-state index in [9.17, 15) is 8.78 Å². The predicted molar refractivity (Wildman–Crippen MR) is 167 cm³/mol. The normalized spacial score (nSPS) is 22.6. The quantitative estimate of drug-likeness (QED) is 0.163. The molecule has 3 aromatic rings. The molecule has 0 heterocycles. The van der Waals surface area contributed by atoms with Gasteiger partial charge in [0, 0.05) is 5.56 Å². The van der Waals surface area contributed by atoms with Crippen LogP contribution in [0.25, 0.3) is 22.3 Å². The zero-order valence-electron chi connectivity index (χ0n) is 25.0. The minimum Gasteiger partial charge on any atom is -0.490 e. The molecule has 0 unspecified atom stereocenters. The van der Waals surface area contributed by atoms with E-state index in [0.717, 1.165) is 67.1 Å². The molecule has 0 N–H and O–H groups in total. The van der Waals surface area contributed by atoms with Gasteiger partial charge in [0.1, 0.15) is 5.82 Å². The summed E-state index contributed by atoms with van der Waals surface area (Å²) in [5, 5.41) is 0. The summed E-state index contributed by atoms with van der Waals surface area (Å²) in [5.74, 6) is 0.515. The zero-order chi connectivity index (χ0) is 29.5. The number of unbranched alkanes of at least 4 members (excludes halogenated alkanes) is 3. The van der Waals surface area contributed by atoms with E-state index < -0.39 is 11.6 Å². The molecular weight excluding hydrogens is 529 g/mol. The third kappa shape index (κ3) is 7.13. The Morgan fingerprint density at radius 2 is 1.36 bits per heavy atom. The second-order valence-corrected chi connectivity index (χ2v) is 12.5. The standard InChI is InChI=1S/C38H45F3O/c1-3-5-6-7-24-42-36-23-22-34(37(40)38(36)41)31-18-14-29(15-19-31)32-20-21-33(35(39)25-32)30-16-12-28(13-17-30)27-10-8-26(4-2)9-11-27/h4,14-15,18-23,25-28,30H,2-3,5-13,16-17,24H2,1H3. The fourth-order valence-corrected chi connectivity index (χ4v) is 7.21. The molecule has 2 aliphatic rings. The Morgan fingerprint density at radius 1 is 0.714 bits per heavy atom. The topological polar surface area (TPSA) is 9.23 Å². The summed E-state index contributed by atoms with van der Waals surface area (Å²) in [6.45, 7) is 6.47. The second-order valence-electron chi connectivity index (χ2n) is 12.5. The molecule has 3 aromatic carbocycles. The van der Waals surface area contributed by atoms with Gasteiger partial charge in [-0.1, -0.05) is 68.7 Å². The van der Waals surface area contributed by atoms with E-state index in [1.165, 1.54) is 44.6 Å². The first-order chi connectivity index (χ1) is 20.5. The van der Waals surface area contributed by atoms with Crippen LogP contribution in [0.2, 0.25) is 0 Å². The van der Waals surface area contributed by atoms with Crippen molar-refractivity contribution in [3.8, 4) is 28.0 Å². The lowest BCUT2D eigenvalue weighted by Crippen LogP contribution is -2.25. The lowest BCUT2D eigenvalue weighted by atomic mass is 9.68. The van der Waals surface area contributed by atoms with Crippen LogP contribution < -0.4 is 4.74 Å². The molecule has 1 nitrogen and oxygen atoms in total. The van der Waals surface area contributed by atoms with Gasteiger partial charge in [-0.05, 0) is 122 Å². The molecule has 0 aliphatic heterocycles. The maximum absolute atomic E-state index is 15.4. The predicted octanol–water partition coefficient (Wildman–Crippen LogP) is 11.7. The maximum atomic E-state index is 15.4. The highest BCUT2D eigenvalue weighted by molar-refractivity contribution is 5.71. The highest BCUT2D eigenvalue weighted by Crippen LogP contribution is 2.45. The largest absolute Gasteiger partial charge is 0.490 e. The Balaban J connectivity index is 1.19. The van der Waals surface area contributed by atoms with E-state index >= 15 is 4.39 Å². The van der Waals surface area contributed by atoms with Gasteiger partial charge in [0.2, 0.25) is 5.82 Å². The Labute approximate surface area is 250 Å². The van der Waals surface area contributed by atoms with Crippen molar-refractivity contribution in [2.45, 2.75) is 89.9 Å². The molecule has 4 heteroatoms. The van der Waals surface area contributed by atoms with Gasteiger partial charge in [-0.2, -0.15) is 4.39 Å². The summed E-state index contributed by atoms with van der Waals surface area (Å²) in [4.78, 5) is 0. The number of benzene rings is 3. The van der Waals surface area contributed by atoms with Crippen LogP contribution in [0.5, 0.6) is 5.75 Å². The number of hydrogen-bond donors (Lipinski definition) is 0. The third-order valence-electron chi connectivity index (χ3n) is 9.86. The monoisotopic (exact) mass is 574 g/mol. The molecule has 2 aliphatic carbocycles. The van der Waals surface area contributed by atoms with Crippen LogP contribution in [-0.2, 0) is 0 Å². The van der Waals surface area contributed by atoms with Crippen molar-refractivity contribution >= 4 is 0 Å². The van der Waals surface area contributed by atoms with Gasteiger partial charge < -0.3 is 4.74 Å². The molecule has 2 saturated carbocycles. The second kappa shape index (κ2) is 14.4. The summed E-state index contributed by atoms with van der Waals surface area (Å²) in [5.41, 5.74) is 3.21. The Morgan fingerprint density at radius 3 is 2.00 bits per heavy atom. The van der Waals surface area contributed by atoms with E-state index in [4.69, 9.17) is 4.74 Å². The van der Waals surface area contributed by atoms with Crippen LogP contribution in [-0.4, -0.2) is 6.61 Å². The van der Waals surface area contributed by atoms with E-state index in [1.54, 1.807) is 24.3 Å². The van der Waals surface area contributed by atoms with Gasteiger partial charge in [-0.15, -0.1) is 6.58 Å². The summed E-state index contributed by atoms with van der Waals surface area (Å²) in [6, 6.07) is 15.8. The third-order valence-corrected chi connectivity index (χ3v) is 9.86. The van der Waals surface area contributed by atoms with Crippen LogP contribution in [0.4, 0.5) is 13.2 Å². The first kappa shape index (κ1) is 30.4.